The SMILES string of the molecule is Cc1noc(C)c1CC(=O)OCc1nc(-c2ccc(F)cc2)no1. The van der Waals surface area contributed by atoms with E-state index in [1.807, 2.05) is 0 Å². The van der Waals surface area contributed by atoms with E-state index in [-0.39, 0.29) is 24.7 Å². The van der Waals surface area contributed by atoms with Crippen molar-refractivity contribution in [2.45, 2.75) is 26.9 Å². The molecule has 0 bridgehead atoms. The van der Waals surface area contributed by atoms with E-state index in [4.69, 9.17) is 13.8 Å². The number of benzene rings is 1. The third kappa shape index (κ3) is 3.48. The van der Waals surface area contributed by atoms with Crippen LogP contribution in [-0.2, 0) is 22.6 Å². The molecule has 1 aromatic carbocycles. The van der Waals surface area contributed by atoms with Crippen LogP contribution >= 0.6 is 0 Å². The molecular formula is C16H14FN3O4. The van der Waals surface area contributed by atoms with Crippen LogP contribution in [0.3, 0.4) is 0 Å². The molecule has 0 unspecified atom stereocenters. The third-order valence-corrected chi connectivity index (χ3v) is 3.43. The Morgan fingerprint density at radius 3 is 2.58 bits per heavy atom. The van der Waals surface area contributed by atoms with Crippen LogP contribution in [0.4, 0.5) is 4.39 Å². The Bertz CT molecular complexity index is 835. The van der Waals surface area contributed by atoms with E-state index in [2.05, 4.69) is 15.3 Å². The molecular weight excluding hydrogens is 317 g/mol. The molecule has 0 radical (unpaired) electrons. The van der Waals surface area contributed by atoms with Crippen molar-refractivity contribution in [1.29, 1.82) is 0 Å². The highest BCUT2D eigenvalue weighted by Crippen LogP contribution is 2.17. The van der Waals surface area contributed by atoms with Crippen molar-refractivity contribution in [3.05, 3.63) is 53.0 Å². The number of rotatable bonds is 5. The van der Waals surface area contributed by atoms with Crippen molar-refractivity contribution in [2.24, 2.45) is 0 Å². The molecule has 0 spiro atoms. The summed E-state index contributed by atoms with van der Waals surface area (Å²) >= 11 is 0. The van der Waals surface area contributed by atoms with Gasteiger partial charge in [0.05, 0.1) is 12.1 Å². The Morgan fingerprint density at radius 2 is 1.92 bits per heavy atom. The number of halogens is 1. The highest BCUT2D eigenvalue weighted by Gasteiger charge is 2.16. The summed E-state index contributed by atoms with van der Waals surface area (Å²) in [5.41, 5.74) is 1.96. The minimum Gasteiger partial charge on any atom is -0.455 e. The number of carbonyl (C=O) groups is 1. The standard InChI is InChI=1S/C16H14FN3O4/c1-9-13(10(2)23-19-9)7-15(21)22-8-14-18-16(20-24-14)11-3-5-12(17)6-4-11/h3-6H,7-8H2,1-2H3. The van der Waals surface area contributed by atoms with E-state index >= 15 is 0 Å². The molecule has 2 heterocycles. The Labute approximate surface area is 136 Å². The highest BCUT2D eigenvalue weighted by molar-refractivity contribution is 5.73. The summed E-state index contributed by atoms with van der Waals surface area (Å²) in [6, 6.07) is 5.67. The Kier molecular flexibility index (Phi) is 4.37. The lowest BCUT2D eigenvalue weighted by atomic mass is 10.1. The average Bonchev–Trinajstić information content (AvgIpc) is 3.16. The zero-order valence-electron chi connectivity index (χ0n) is 13.1. The topological polar surface area (TPSA) is 91.2 Å². The van der Waals surface area contributed by atoms with E-state index in [1.54, 1.807) is 13.8 Å². The van der Waals surface area contributed by atoms with Gasteiger partial charge in [-0.2, -0.15) is 4.98 Å². The fourth-order valence-corrected chi connectivity index (χ4v) is 2.12. The molecule has 0 saturated heterocycles. The van der Waals surface area contributed by atoms with Crippen molar-refractivity contribution in [2.75, 3.05) is 0 Å². The van der Waals surface area contributed by atoms with E-state index in [1.165, 1.54) is 24.3 Å². The Morgan fingerprint density at radius 1 is 1.17 bits per heavy atom. The molecule has 0 aliphatic rings. The molecule has 0 amide bonds. The lowest BCUT2D eigenvalue weighted by Crippen LogP contribution is -2.09. The lowest BCUT2D eigenvalue weighted by molar-refractivity contribution is -0.144. The average molecular weight is 331 g/mol. The first kappa shape index (κ1) is 15.9. The molecule has 24 heavy (non-hydrogen) atoms. The molecule has 8 heteroatoms. The molecule has 124 valence electrons. The minimum absolute atomic E-state index is 0.0557. The molecule has 0 fully saturated rings. The molecule has 0 N–H and O–H groups in total. The smallest absolute Gasteiger partial charge is 0.310 e. The van der Waals surface area contributed by atoms with Crippen molar-refractivity contribution < 1.29 is 23.0 Å². The number of carbonyl (C=O) groups excluding carboxylic acids is 1. The maximum absolute atomic E-state index is 12.9. The number of aryl methyl sites for hydroxylation is 2. The van der Waals surface area contributed by atoms with E-state index in [0.29, 0.717) is 28.4 Å². The molecule has 3 aromatic rings. The monoisotopic (exact) mass is 331 g/mol. The van der Waals surface area contributed by atoms with E-state index in [9.17, 15) is 9.18 Å². The quantitative estimate of drug-likeness (QED) is 0.664. The first-order chi connectivity index (χ1) is 11.5. The predicted molar refractivity (Wildman–Crippen MR) is 79.2 cm³/mol. The predicted octanol–water partition coefficient (Wildman–Crippen LogP) is 2.77. The second-order valence-corrected chi connectivity index (χ2v) is 5.16. The largest absolute Gasteiger partial charge is 0.455 e. The summed E-state index contributed by atoms with van der Waals surface area (Å²) in [5.74, 6) is 0.232. The van der Waals surface area contributed by atoms with E-state index in [0.717, 1.165) is 0 Å². The zero-order valence-corrected chi connectivity index (χ0v) is 13.1. The fraction of sp³-hybridized carbons (Fsp3) is 0.250. The van der Waals surface area contributed by atoms with Gasteiger partial charge in [-0.3, -0.25) is 4.79 Å². The normalized spacial score (nSPS) is 10.8. The van der Waals surface area contributed by atoms with Crippen LogP contribution in [0.2, 0.25) is 0 Å². The van der Waals surface area contributed by atoms with Gasteiger partial charge in [0.1, 0.15) is 11.6 Å². The molecule has 3 rings (SSSR count). The summed E-state index contributed by atoms with van der Waals surface area (Å²) in [5, 5.41) is 7.55. The number of nitrogens with zero attached hydrogens (tertiary/aromatic N) is 3. The van der Waals surface area contributed by atoms with Gasteiger partial charge in [-0.05, 0) is 38.1 Å². The maximum atomic E-state index is 12.9. The van der Waals surface area contributed by atoms with Crippen LogP contribution in [0.5, 0.6) is 0 Å². The molecule has 7 nitrogen and oxygen atoms in total. The number of ether oxygens (including phenoxy) is 1. The van der Waals surface area contributed by atoms with Gasteiger partial charge in [0.15, 0.2) is 6.61 Å². The Balaban J connectivity index is 1.59. The van der Waals surface area contributed by atoms with E-state index < -0.39 is 5.97 Å². The highest BCUT2D eigenvalue weighted by atomic mass is 19.1. The van der Waals surface area contributed by atoms with Gasteiger partial charge in [0, 0.05) is 11.1 Å². The minimum atomic E-state index is -0.453. The van der Waals surface area contributed by atoms with Crippen LogP contribution in [0, 0.1) is 19.7 Å². The van der Waals surface area contributed by atoms with Gasteiger partial charge in [-0.1, -0.05) is 10.3 Å². The van der Waals surface area contributed by atoms with Gasteiger partial charge in [-0.25, -0.2) is 4.39 Å². The van der Waals surface area contributed by atoms with Crippen molar-refractivity contribution >= 4 is 5.97 Å². The molecule has 0 saturated carbocycles. The van der Waals surface area contributed by atoms with Gasteiger partial charge in [0.25, 0.3) is 5.89 Å². The summed E-state index contributed by atoms with van der Waals surface area (Å²) in [6.07, 6.45) is 0.0557. The van der Waals surface area contributed by atoms with Crippen LogP contribution < -0.4 is 0 Å². The van der Waals surface area contributed by atoms with Crippen molar-refractivity contribution in [3.8, 4) is 11.4 Å². The Hall–Kier alpha value is -3.03. The number of esters is 1. The van der Waals surface area contributed by atoms with Gasteiger partial charge in [0.2, 0.25) is 5.82 Å². The van der Waals surface area contributed by atoms with Crippen molar-refractivity contribution in [1.82, 2.24) is 15.3 Å². The lowest BCUT2D eigenvalue weighted by Gasteiger charge is -2.01. The summed E-state index contributed by atoms with van der Waals surface area (Å²) in [7, 11) is 0. The molecule has 0 aliphatic carbocycles. The zero-order chi connectivity index (χ0) is 17.1. The summed E-state index contributed by atoms with van der Waals surface area (Å²) < 4.78 is 28.0. The van der Waals surface area contributed by atoms with Crippen molar-refractivity contribution in [3.63, 3.8) is 0 Å². The molecule has 0 atom stereocenters. The molecule has 2 aromatic heterocycles. The number of hydrogen-bond acceptors (Lipinski definition) is 7. The first-order valence-corrected chi connectivity index (χ1v) is 7.19. The van der Waals surface area contributed by atoms with Gasteiger partial charge in [-0.15, -0.1) is 0 Å². The molecule has 0 aliphatic heterocycles. The summed E-state index contributed by atoms with van der Waals surface area (Å²) in [6.45, 7) is 3.35. The third-order valence-electron chi connectivity index (χ3n) is 3.43. The number of aromatic nitrogens is 3. The summed E-state index contributed by atoms with van der Waals surface area (Å²) in [4.78, 5) is 16.0. The van der Waals surface area contributed by atoms with Crippen LogP contribution in [-0.4, -0.2) is 21.3 Å². The second kappa shape index (κ2) is 6.61. The number of hydrogen-bond donors (Lipinski definition) is 0. The second-order valence-electron chi connectivity index (χ2n) is 5.16. The van der Waals surface area contributed by atoms with Crippen LogP contribution in [0.25, 0.3) is 11.4 Å². The van der Waals surface area contributed by atoms with Gasteiger partial charge >= 0.3 is 5.97 Å². The fourth-order valence-electron chi connectivity index (χ4n) is 2.12. The van der Waals surface area contributed by atoms with Gasteiger partial charge < -0.3 is 13.8 Å². The van der Waals surface area contributed by atoms with Crippen LogP contribution in [0.1, 0.15) is 22.9 Å². The van der Waals surface area contributed by atoms with Crippen LogP contribution in [0.15, 0.2) is 33.3 Å². The maximum Gasteiger partial charge on any atom is 0.310 e. The first-order valence-electron chi connectivity index (χ1n) is 7.19.